The van der Waals surface area contributed by atoms with Crippen LogP contribution in [-0.4, -0.2) is 56.4 Å². The molecule has 1 saturated heterocycles. The number of nitrogens with one attached hydrogen (secondary N) is 1. The number of carbonyl (C=O) groups excluding carboxylic acids is 1. The standard InChI is InChI=1S/C12H24N2O3S.ClH/c1-10(2)9-18(16,17)7-4-12(15)14-6-5-13-11(3)8-14;/h10-11,13H,4-9H2,1-3H3;1H. The fraction of sp³-hybridized carbons (Fsp3) is 0.917. The SMILES string of the molecule is CC(C)CS(=O)(=O)CCC(=O)N1CCNC(C)C1.Cl. The average Bonchev–Trinajstić information content (AvgIpc) is 2.24. The molecule has 1 unspecified atom stereocenters. The van der Waals surface area contributed by atoms with Crippen LogP contribution in [0, 0.1) is 5.92 Å². The molecule has 0 aliphatic carbocycles. The normalized spacial score (nSPS) is 20.2. The van der Waals surface area contributed by atoms with E-state index in [0.29, 0.717) is 13.1 Å². The Morgan fingerprint density at radius 2 is 2.05 bits per heavy atom. The van der Waals surface area contributed by atoms with Gasteiger partial charge in [-0.2, -0.15) is 0 Å². The van der Waals surface area contributed by atoms with Crippen LogP contribution in [0.2, 0.25) is 0 Å². The molecule has 0 aromatic rings. The molecule has 1 fully saturated rings. The van der Waals surface area contributed by atoms with Gasteiger partial charge in [0.2, 0.25) is 5.91 Å². The van der Waals surface area contributed by atoms with Gasteiger partial charge in [0, 0.05) is 32.1 Å². The van der Waals surface area contributed by atoms with E-state index >= 15 is 0 Å². The number of piperazine rings is 1. The molecule has 1 rings (SSSR count). The van der Waals surface area contributed by atoms with Gasteiger partial charge in [0.15, 0.2) is 9.84 Å². The van der Waals surface area contributed by atoms with Gasteiger partial charge in [0.05, 0.1) is 11.5 Å². The Bertz CT molecular complexity index is 384. The smallest absolute Gasteiger partial charge is 0.223 e. The maximum absolute atomic E-state index is 11.9. The summed E-state index contributed by atoms with van der Waals surface area (Å²) in [5, 5.41) is 3.25. The Kier molecular flexibility index (Phi) is 7.93. The van der Waals surface area contributed by atoms with E-state index in [1.807, 2.05) is 20.8 Å². The summed E-state index contributed by atoms with van der Waals surface area (Å²) < 4.78 is 23.4. The summed E-state index contributed by atoms with van der Waals surface area (Å²) in [5.74, 6) is 0.209. The van der Waals surface area contributed by atoms with E-state index in [0.717, 1.165) is 6.54 Å². The first-order valence-corrected chi connectivity index (χ1v) is 8.34. The monoisotopic (exact) mass is 312 g/mol. The zero-order valence-electron chi connectivity index (χ0n) is 11.9. The van der Waals surface area contributed by atoms with Crippen molar-refractivity contribution in [2.24, 2.45) is 5.92 Å². The molecule has 0 aromatic heterocycles. The summed E-state index contributed by atoms with van der Waals surface area (Å²) in [5.41, 5.74) is 0. The Hall–Kier alpha value is -0.330. The summed E-state index contributed by atoms with van der Waals surface area (Å²) >= 11 is 0. The number of carbonyl (C=O) groups is 1. The molecule has 19 heavy (non-hydrogen) atoms. The van der Waals surface area contributed by atoms with Crippen LogP contribution < -0.4 is 5.32 Å². The minimum Gasteiger partial charge on any atom is -0.340 e. The van der Waals surface area contributed by atoms with E-state index in [9.17, 15) is 13.2 Å². The second kappa shape index (κ2) is 8.07. The highest BCUT2D eigenvalue weighted by molar-refractivity contribution is 7.91. The quantitative estimate of drug-likeness (QED) is 0.811. The summed E-state index contributed by atoms with van der Waals surface area (Å²) in [4.78, 5) is 13.7. The fourth-order valence-corrected chi connectivity index (χ4v) is 3.82. The van der Waals surface area contributed by atoms with Crippen molar-refractivity contribution < 1.29 is 13.2 Å². The highest BCUT2D eigenvalue weighted by Gasteiger charge is 2.22. The van der Waals surface area contributed by atoms with E-state index in [1.165, 1.54) is 0 Å². The average molecular weight is 313 g/mol. The van der Waals surface area contributed by atoms with E-state index in [2.05, 4.69) is 5.32 Å². The van der Waals surface area contributed by atoms with Gasteiger partial charge in [-0.15, -0.1) is 12.4 Å². The first kappa shape index (κ1) is 18.7. The van der Waals surface area contributed by atoms with E-state index < -0.39 is 9.84 Å². The first-order chi connectivity index (χ1) is 8.30. The van der Waals surface area contributed by atoms with Crippen molar-refractivity contribution in [3.8, 4) is 0 Å². The Labute approximate surface area is 122 Å². The highest BCUT2D eigenvalue weighted by Crippen LogP contribution is 2.06. The Morgan fingerprint density at radius 1 is 1.42 bits per heavy atom. The third kappa shape index (κ3) is 7.13. The number of amides is 1. The lowest BCUT2D eigenvalue weighted by molar-refractivity contribution is -0.131. The molecular formula is C12H25ClN2O3S. The highest BCUT2D eigenvalue weighted by atomic mass is 35.5. The molecule has 1 amide bonds. The largest absolute Gasteiger partial charge is 0.340 e. The molecule has 0 radical (unpaired) electrons. The topological polar surface area (TPSA) is 66.5 Å². The van der Waals surface area contributed by atoms with Gasteiger partial charge in [-0.1, -0.05) is 13.8 Å². The molecule has 0 spiro atoms. The molecule has 7 heteroatoms. The summed E-state index contributed by atoms with van der Waals surface area (Å²) in [6, 6.07) is 0.287. The van der Waals surface area contributed by atoms with E-state index in [1.54, 1.807) is 4.90 Å². The molecule has 0 aromatic carbocycles. The van der Waals surface area contributed by atoms with Gasteiger partial charge in [-0.05, 0) is 12.8 Å². The van der Waals surface area contributed by atoms with Crippen molar-refractivity contribution >= 4 is 28.2 Å². The molecule has 0 saturated carbocycles. The third-order valence-corrected chi connectivity index (χ3v) is 4.94. The van der Waals surface area contributed by atoms with Gasteiger partial charge >= 0.3 is 0 Å². The number of halogens is 1. The number of hydrogen-bond acceptors (Lipinski definition) is 4. The van der Waals surface area contributed by atoms with Crippen LogP contribution in [0.25, 0.3) is 0 Å². The van der Waals surface area contributed by atoms with Crippen LogP contribution in [0.4, 0.5) is 0 Å². The molecule has 1 atom stereocenters. The minimum absolute atomic E-state index is 0. The summed E-state index contributed by atoms with van der Waals surface area (Å²) in [7, 11) is -3.09. The van der Waals surface area contributed by atoms with Crippen molar-refractivity contribution in [3.63, 3.8) is 0 Å². The Balaban J connectivity index is 0.00000324. The zero-order valence-corrected chi connectivity index (χ0v) is 13.5. The predicted octanol–water partition coefficient (Wildman–Crippen LogP) is 0.689. The second-order valence-electron chi connectivity index (χ2n) is 5.45. The molecule has 1 N–H and O–H groups in total. The molecule has 1 heterocycles. The maximum Gasteiger partial charge on any atom is 0.223 e. The predicted molar refractivity (Wildman–Crippen MR) is 79.4 cm³/mol. The van der Waals surface area contributed by atoms with Crippen LogP contribution in [0.3, 0.4) is 0 Å². The van der Waals surface area contributed by atoms with Gasteiger partial charge in [-0.25, -0.2) is 8.42 Å². The van der Waals surface area contributed by atoms with Crippen LogP contribution >= 0.6 is 12.4 Å². The molecule has 1 aliphatic rings. The van der Waals surface area contributed by atoms with Crippen LogP contribution in [0.5, 0.6) is 0 Å². The zero-order chi connectivity index (χ0) is 13.8. The summed E-state index contributed by atoms with van der Waals surface area (Å²) in [6.45, 7) is 7.89. The molecule has 0 bridgehead atoms. The van der Waals surface area contributed by atoms with E-state index in [4.69, 9.17) is 0 Å². The van der Waals surface area contributed by atoms with Crippen LogP contribution in [-0.2, 0) is 14.6 Å². The minimum atomic E-state index is -3.09. The van der Waals surface area contributed by atoms with Gasteiger partial charge < -0.3 is 10.2 Å². The number of nitrogens with zero attached hydrogens (tertiary/aromatic N) is 1. The number of sulfone groups is 1. The van der Waals surface area contributed by atoms with Gasteiger partial charge in [-0.3, -0.25) is 4.79 Å². The van der Waals surface area contributed by atoms with Crippen molar-refractivity contribution in [3.05, 3.63) is 0 Å². The lowest BCUT2D eigenvalue weighted by Crippen LogP contribution is -2.51. The lowest BCUT2D eigenvalue weighted by Gasteiger charge is -2.32. The Morgan fingerprint density at radius 3 is 2.58 bits per heavy atom. The van der Waals surface area contributed by atoms with Crippen LogP contribution in [0.1, 0.15) is 27.2 Å². The molecule has 114 valence electrons. The molecule has 1 aliphatic heterocycles. The lowest BCUT2D eigenvalue weighted by atomic mass is 10.2. The first-order valence-electron chi connectivity index (χ1n) is 6.52. The fourth-order valence-electron chi connectivity index (χ4n) is 2.15. The maximum atomic E-state index is 11.9. The molecule has 5 nitrogen and oxygen atoms in total. The van der Waals surface area contributed by atoms with E-state index in [-0.39, 0.29) is 48.2 Å². The van der Waals surface area contributed by atoms with Crippen molar-refractivity contribution in [1.29, 1.82) is 0 Å². The van der Waals surface area contributed by atoms with Gasteiger partial charge in [0.1, 0.15) is 0 Å². The number of hydrogen-bond donors (Lipinski definition) is 1. The third-order valence-electron chi connectivity index (χ3n) is 2.94. The van der Waals surface area contributed by atoms with Crippen molar-refractivity contribution in [1.82, 2.24) is 10.2 Å². The van der Waals surface area contributed by atoms with Gasteiger partial charge in [0.25, 0.3) is 0 Å². The summed E-state index contributed by atoms with van der Waals surface area (Å²) in [6.07, 6.45) is 0.113. The van der Waals surface area contributed by atoms with Crippen LogP contribution in [0.15, 0.2) is 0 Å². The van der Waals surface area contributed by atoms with Crippen molar-refractivity contribution in [2.45, 2.75) is 33.2 Å². The molecular weight excluding hydrogens is 288 g/mol. The second-order valence-corrected chi connectivity index (χ2v) is 7.68. The van der Waals surface area contributed by atoms with Crippen molar-refractivity contribution in [2.75, 3.05) is 31.1 Å². The number of rotatable bonds is 5.